The van der Waals surface area contributed by atoms with Gasteiger partial charge in [0.1, 0.15) is 5.78 Å². The first-order valence-electron chi connectivity index (χ1n) is 7.00. The highest BCUT2D eigenvalue weighted by atomic mass is 35.5. The Morgan fingerprint density at radius 2 is 2.32 bits per heavy atom. The number of rotatable bonds is 4. The maximum atomic E-state index is 12.5. The van der Waals surface area contributed by atoms with E-state index in [2.05, 4.69) is 5.10 Å². The Labute approximate surface area is 118 Å². The smallest absolute Gasteiger partial charge is 0.144 e. The van der Waals surface area contributed by atoms with E-state index in [1.54, 1.807) is 0 Å². The van der Waals surface area contributed by atoms with Crippen molar-refractivity contribution >= 4 is 17.4 Å². The number of fused-ring (bicyclic) bond motifs is 2. The van der Waals surface area contributed by atoms with Gasteiger partial charge in [-0.2, -0.15) is 5.10 Å². The number of halogens is 1. The number of hydrogen-bond acceptors (Lipinski definition) is 3. The second kappa shape index (κ2) is 4.91. The van der Waals surface area contributed by atoms with E-state index in [4.69, 9.17) is 16.3 Å². The van der Waals surface area contributed by atoms with Crippen molar-refractivity contribution in [3.05, 3.63) is 16.4 Å². The van der Waals surface area contributed by atoms with Gasteiger partial charge in [-0.15, -0.1) is 0 Å². The van der Waals surface area contributed by atoms with Crippen LogP contribution in [0.5, 0.6) is 0 Å². The third-order valence-corrected chi connectivity index (χ3v) is 4.81. The minimum Gasteiger partial charge on any atom is -0.374 e. The minimum absolute atomic E-state index is 0.0651. The van der Waals surface area contributed by atoms with E-state index in [0.29, 0.717) is 17.5 Å². The molecule has 3 unspecified atom stereocenters. The molecule has 2 bridgehead atoms. The molecule has 2 aliphatic heterocycles. The fourth-order valence-electron chi connectivity index (χ4n) is 3.31. The number of carbonyl (C=O) groups is 1. The maximum Gasteiger partial charge on any atom is 0.144 e. The standard InChI is InChI=1S/C14H19ClN2O2/c1-3-17-11(14(15)8(2)16-17)7-12(18)10-6-9-4-5-13(10)19-9/h9-10,13H,3-7H2,1-2H3. The molecule has 3 rings (SSSR count). The largest absolute Gasteiger partial charge is 0.374 e. The summed E-state index contributed by atoms with van der Waals surface area (Å²) in [6.07, 6.45) is 3.87. The molecule has 1 aromatic heterocycles. The Hall–Kier alpha value is -0.870. The Kier molecular flexibility index (Phi) is 3.39. The maximum absolute atomic E-state index is 12.5. The Morgan fingerprint density at radius 3 is 2.89 bits per heavy atom. The normalized spacial score (nSPS) is 29.1. The van der Waals surface area contributed by atoms with Gasteiger partial charge >= 0.3 is 0 Å². The summed E-state index contributed by atoms with van der Waals surface area (Å²) in [6.45, 7) is 4.63. The highest BCUT2D eigenvalue weighted by Crippen LogP contribution is 2.39. The number of Topliss-reactive ketones (excluding diaryl/α,β-unsaturated/α-hetero) is 1. The number of ether oxygens (including phenoxy) is 1. The van der Waals surface area contributed by atoms with Crippen LogP contribution in [-0.4, -0.2) is 27.8 Å². The lowest BCUT2D eigenvalue weighted by Gasteiger charge is -2.17. The van der Waals surface area contributed by atoms with Crippen LogP contribution in [0.3, 0.4) is 0 Å². The van der Waals surface area contributed by atoms with Crippen molar-refractivity contribution in [3.8, 4) is 0 Å². The molecule has 2 aliphatic rings. The van der Waals surface area contributed by atoms with Gasteiger partial charge in [-0.25, -0.2) is 0 Å². The first-order chi connectivity index (χ1) is 9.10. The molecule has 19 heavy (non-hydrogen) atoms. The van der Waals surface area contributed by atoms with Gasteiger partial charge in [-0.1, -0.05) is 11.6 Å². The van der Waals surface area contributed by atoms with E-state index in [9.17, 15) is 4.79 Å². The number of aromatic nitrogens is 2. The van der Waals surface area contributed by atoms with Crippen molar-refractivity contribution in [1.29, 1.82) is 0 Å². The monoisotopic (exact) mass is 282 g/mol. The third kappa shape index (κ3) is 2.21. The van der Waals surface area contributed by atoms with Crippen molar-refractivity contribution in [2.75, 3.05) is 0 Å². The zero-order valence-electron chi connectivity index (χ0n) is 11.4. The topological polar surface area (TPSA) is 44.1 Å². The molecule has 0 N–H and O–H groups in total. The molecule has 0 saturated carbocycles. The molecular weight excluding hydrogens is 264 g/mol. The van der Waals surface area contributed by atoms with Crippen LogP contribution in [0, 0.1) is 12.8 Å². The van der Waals surface area contributed by atoms with Gasteiger partial charge in [-0.05, 0) is 33.1 Å². The van der Waals surface area contributed by atoms with Crippen LogP contribution in [0.1, 0.15) is 37.6 Å². The predicted molar refractivity (Wildman–Crippen MR) is 72.4 cm³/mol. The average Bonchev–Trinajstić information content (AvgIpc) is 3.08. The van der Waals surface area contributed by atoms with Gasteiger partial charge in [0.05, 0.1) is 35.0 Å². The summed E-state index contributed by atoms with van der Waals surface area (Å²) in [4.78, 5) is 12.5. The minimum atomic E-state index is 0.0651. The van der Waals surface area contributed by atoms with Gasteiger partial charge in [-0.3, -0.25) is 9.48 Å². The number of carbonyl (C=O) groups excluding carboxylic acids is 1. The zero-order valence-corrected chi connectivity index (χ0v) is 12.1. The summed E-state index contributed by atoms with van der Waals surface area (Å²) < 4.78 is 7.60. The Balaban J connectivity index is 1.76. The number of hydrogen-bond donors (Lipinski definition) is 0. The lowest BCUT2D eigenvalue weighted by atomic mass is 9.85. The average molecular weight is 283 g/mol. The molecule has 0 radical (unpaired) electrons. The summed E-state index contributed by atoms with van der Waals surface area (Å²) in [7, 11) is 0. The Bertz CT molecular complexity index is 512. The van der Waals surface area contributed by atoms with E-state index in [1.807, 2.05) is 18.5 Å². The Morgan fingerprint density at radius 1 is 1.53 bits per heavy atom. The highest BCUT2D eigenvalue weighted by Gasteiger charge is 2.44. The molecule has 0 amide bonds. The van der Waals surface area contributed by atoms with Crippen molar-refractivity contribution in [2.45, 2.75) is 58.3 Å². The lowest BCUT2D eigenvalue weighted by molar-refractivity contribution is -0.123. The number of nitrogens with zero attached hydrogens (tertiary/aromatic N) is 2. The molecule has 3 atom stereocenters. The molecule has 0 aromatic carbocycles. The molecule has 3 heterocycles. The molecule has 2 saturated heterocycles. The van der Waals surface area contributed by atoms with Crippen LogP contribution < -0.4 is 0 Å². The van der Waals surface area contributed by atoms with Gasteiger partial charge in [0.25, 0.3) is 0 Å². The molecule has 0 aliphatic carbocycles. The van der Waals surface area contributed by atoms with Gasteiger partial charge in [0.2, 0.25) is 0 Å². The molecular formula is C14H19ClN2O2. The summed E-state index contributed by atoms with van der Waals surface area (Å²) in [5.74, 6) is 0.319. The molecule has 104 valence electrons. The highest BCUT2D eigenvalue weighted by molar-refractivity contribution is 6.32. The van der Waals surface area contributed by atoms with Gasteiger partial charge < -0.3 is 4.74 Å². The van der Waals surface area contributed by atoms with Crippen LogP contribution in [0.2, 0.25) is 5.02 Å². The third-order valence-electron chi connectivity index (χ3n) is 4.31. The molecule has 1 aromatic rings. The SMILES string of the molecule is CCn1nc(C)c(Cl)c1CC(=O)C1CC2CCC1O2. The second-order valence-corrected chi connectivity index (χ2v) is 5.90. The van der Waals surface area contributed by atoms with E-state index in [-0.39, 0.29) is 17.8 Å². The summed E-state index contributed by atoms with van der Waals surface area (Å²) in [5, 5.41) is 5.00. The van der Waals surface area contributed by atoms with Crippen molar-refractivity contribution in [2.24, 2.45) is 5.92 Å². The summed E-state index contributed by atoms with van der Waals surface area (Å²) >= 11 is 6.26. The van der Waals surface area contributed by atoms with Crippen molar-refractivity contribution in [1.82, 2.24) is 9.78 Å². The van der Waals surface area contributed by atoms with Gasteiger partial charge in [0.15, 0.2) is 0 Å². The molecule has 2 fully saturated rings. The van der Waals surface area contributed by atoms with Crippen LogP contribution in [0.25, 0.3) is 0 Å². The predicted octanol–water partition coefficient (Wildman–Crippen LogP) is 2.54. The summed E-state index contributed by atoms with van der Waals surface area (Å²) in [5.41, 5.74) is 1.66. The van der Waals surface area contributed by atoms with E-state index < -0.39 is 0 Å². The number of ketones is 1. The van der Waals surface area contributed by atoms with Crippen LogP contribution in [-0.2, 0) is 22.5 Å². The fraction of sp³-hybridized carbons (Fsp3) is 0.714. The van der Waals surface area contributed by atoms with E-state index >= 15 is 0 Å². The van der Waals surface area contributed by atoms with Crippen molar-refractivity contribution in [3.63, 3.8) is 0 Å². The molecule has 4 nitrogen and oxygen atoms in total. The second-order valence-electron chi connectivity index (χ2n) is 5.52. The summed E-state index contributed by atoms with van der Waals surface area (Å²) in [6, 6.07) is 0. The first-order valence-corrected chi connectivity index (χ1v) is 7.38. The van der Waals surface area contributed by atoms with Crippen LogP contribution >= 0.6 is 11.6 Å². The van der Waals surface area contributed by atoms with Crippen LogP contribution in [0.15, 0.2) is 0 Å². The van der Waals surface area contributed by atoms with E-state index in [1.165, 1.54) is 0 Å². The molecule has 0 spiro atoms. The number of aryl methyl sites for hydroxylation is 2. The lowest BCUT2D eigenvalue weighted by Crippen LogP contribution is -2.27. The quantitative estimate of drug-likeness (QED) is 0.852. The fourth-order valence-corrected chi connectivity index (χ4v) is 3.51. The van der Waals surface area contributed by atoms with Gasteiger partial charge in [0, 0.05) is 12.5 Å². The zero-order chi connectivity index (χ0) is 13.6. The molecule has 5 heteroatoms. The van der Waals surface area contributed by atoms with Crippen molar-refractivity contribution < 1.29 is 9.53 Å². The van der Waals surface area contributed by atoms with Crippen LogP contribution in [0.4, 0.5) is 0 Å². The van der Waals surface area contributed by atoms with E-state index in [0.717, 1.165) is 37.2 Å². The first kappa shape index (κ1) is 13.1.